The van der Waals surface area contributed by atoms with Crippen LogP contribution in [0.5, 0.6) is 0 Å². The number of carbonyl (C=O) groups excluding carboxylic acids is 1. The van der Waals surface area contributed by atoms with Crippen molar-refractivity contribution < 1.29 is 4.79 Å². The largest absolute Gasteiger partial charge is 0.368 e. The SMILES string of the molecule is CCC(C)Nc1ccc(NC(=O)CC(c2ccccc2)c2ccccc2)cn1. The molecule has 0 aliphatic heterocycles. The van der Waals surface area contributed by atoms with Crippen LogP contribution in [0.2, 0.25) is 0 Å². The van der Waals surface area contributed by atoms with E-state index in [1.165, 1.54) is 0 Å². The van der Waals surface area contributed by atoms with Crippen LogP contribution in [0, 0.1) is 0 Å². The van der Waals surface area contributed by atoms with Crippen LogP contribution in [0.25, 0.3) is 0 Å². The van der Waals surface area contributed by atoms with Gasteiger partial charge in [-0.15, -0.1) is 0 Å². The van der Waals surface area contributed by atoms with Crippen LogP contribution in [0.15, 0.2) is 79.0 Å². The van der Waals surface area contributed by atoms with E-state index in [0.29, 0.717) is 18.2 Å². The highest BCUT2D eigenvalue weighted by Gasteiger charge is 2.18. The van der Waals surface area contributed by atoms with Crippen molar-refractivity contribution in [2.45, 2.75) is 38.6 Å². The highest BCUT2D eigenvalue weighted by molar-refractivity contribution is 5.91. The number of hydrogen-bond acceptors (Lipinski definition) is 3. The van der Waals surface area contributed by atoms with E-state index in [1.807, 2.05) is 48.5 Å². The summed E-state index contributed by atoms with van der Waals surface area (Å²) in [5.41, 5.74) is 2.98. The van der Waals surface area contributed by atoms with Gasteiger partial charge in [0.25, 0.3) is 0 Å². The molecule has 1 unspecified atom stereocenters. The first-order valence-corrected chi connectivity index (χ1v) is 9.78. The smallest absolute Gasteiger partial charge is 0.225 e. The summed E-state index contributed by atoms with van der Waals surface area (Å²) in [5, 5.41) is 6.30. The van der Waals surface area contributed by atoms with E-state index in [4.69, 9.17) is 0 Å². The number of anilines is 2. The predicted molar refractivity (Wildman–Crippen MR) is 116 cm³/mol. The van der Waals surface area contributed by atoms with E-state index < -0.39 is 0 Å². The lowest BCUT2D eigenvalue weighted by molar-refractivity contribution is -0.116. The molecule has 0 radical (unpaired) electrons. The average molecular weight is 374 g/mol. The van der Waals surface area contributed by atoms with Crippen molar-refractivity contribution in [2.75, 3.05) is 10.6 Å². The summed E-state index contributed by atoms with van der Waals surface area (Å²) in [6, 6.07) is 24.5. The maximum atomic E-state index is 12.7. The van der Waals surface area contributed by atoms with Gasteiger partial charge in [0.2, 0.25) is 5.91 Å². The second-order valence-electron chi connectivity index (χ2n) is 7.01. The summed E-state index contributed by atoms with van der Waals surface area (Å²) in [5.74, 6) is 0.808. The van der Waals surface area contributed by atoms with Crippen LogP contribution in [-0.4, -0.2) is 16.9 Å². The van der Waals surface area contributed by atoms with Gasteiger partial charge in [0, 0.05) is 18.4 Å². The molecule has 0 spiro atoms. The molecule has 3 rings (SSSR count). The zero-order valence-corrected chi connectivity index (χ0v) is 16.4. The molecular formula is C24H27N3O. The summed E-state index contributed by atoms with van der Waals surface area (Å²) in [6.07, 6.45) is 3.10. The number of amides is 1. The predicted octanol–water partition coefficient (Wildman–Crippen LogP) is 5.45. The van der Waals surface area contributed by atoms with E-state index in [9.17, 15) is 4.79 Å². The van der Waals surface area contributed by atoms with E-state index >= 15 is 0 Å². The van der Waals surface area contributed by atoms with Gasteiger partial charge in [0.05, 0.1) is 11.9 Å². The van der Waals surface area contributed by atoms with Gasteiger partial charge in [-0.25, -0.2) is 4.98 Å². The highest BCUT2D eigenvalue weighted by atomic mass is 16.1. The first-order valence-electron chi connectivity index (χ1n) is 9.78. The third-order valence-electron chi connectivity index (χ3n) is 4.85. The van der Waals surface area contributed by atoms with Gasteiger partial charge in [-0.3, -0.25) is 4.79 Å². The minimum Gasteiger partial charge on any atom is -0.368 e. The van der Waals surface area contributed by atoms with Gasteiger partial charge >= 0.3 is 0 Å². The third kappa shape index (κ3) is 5.43. The quantitative estimate of drug-likeness (QED) is 0.552. The van der Waals surface area contributed by atoms with Gasteiger partial charge in [-0.05, 0) is 36.6 Å². The molecule has 2 aromatic carbocycles. The minimum absolute atomic E-state index is 0.0155. The molecule has 2 N–H and O–H groups in total. The van der Waals surface area contributed by atoms with Crippen molar-refractivity contribution in [3.05, 3.63) is 90.1 Å². The standard InChI is InChI=1S/C24H27N3O/c1-3-18(2)26-23-15-14-21(17-25-23)27-24(28)16-22(19-10-6-4-7-11-19)20-12-8-5-9-13-20/h4-15,17-18,22H,3,16H2,1-2H3,(H,25,26)(H,27,28). The summed E-state index contributed by atoms with van der Waals surface area (Å²) in [6.45, 7) is 4.24. The molecule has 4 nitrogen and oxygen atoms in total. The molecule has 1 aromatic heterocycles. The van der Waals surface area contributed by atoms with Gasteiger partial charge in [-0.1, -0.05) is 67.6 Å². The molecule has 0 aliphatic carbocycles. The number of carbonyl (C=O) groups is 1. The Balaban J connectivity index is 1.69. The molecule has 4 heteroatoms. The molecule has 0 saturated carbocycles. The Morgan fingerprint density at radius 2 is 1.54 bits per heavy atom. The summed E-state index contributed by atoms with van der Waals surface area (Å²) in [4.78, 5) is 17.1. The molecule has 3 aromatic rings. The zero-order valence-electron chi connectivity index (χ0n) is 16.4. The fraction of sp³-hybridized carbons (Fsp3) is 0.250. The Kier molecular flexibility index (Phi) is 6.79. The number of aromatic nitrogens is 1. The van der Waals surface area contributed by atoms with Crippen molar-refractivity contribution in [3.8, 4) is 0 Å². The van der Waals surface area contributed by atoms with Crippen molar-refractivity contribution in [2.24, 2.45) is 0 Å². The van der Waals surface area contributed by atoms with E-state index in [2.05, 4.69) is 53.7 Å². The number of nitrogens with zero attached hydrogens (tertiary/aromatic N) is 1. The molecule has 1 amide bonds. The Bertz CT molecular complexity index is 824. The molecule has 0 bridgehead atoms. The lowest BCUT2D eigenvalue weighted by Gasteiger charge is -2.18. The van der Waals surface area contributed by atoms with Crippen molar-refractivity contribution in [1.29, 1.82) is 0 Å². The third-order valence-corrected chi connectivity index (χ3v) is 4.85. The lowest BCUT2D eigenvalue weighted by Crippen LogP contribution is -2.17. The molecule has 0 aliphatic rings. The lowest BCUT2D eigenvalue weighted by atomic mass is 9.88. The molecule has 144 valence electrons. The average Bonchev–Trinajstić information content (AvgIpc) is 2.74. The van der Waals surface area contributed by atoms with Crippen molar-refractivity contribution in [3.63, 3.8) is 0 Å². The van der Waals surface area contributed by atoms with Crippen LogP contribution < -0.4 is 10.6 Å². The number of pyridine rings is 1. The highest BCUT2D eigenvalue weighted by Crippen LogP contribution is 2.28. The van der Waals surface area contributed by atoms with Gasteiger partial charge in [-0.2, -0.15) is 0 Å². The van der Waals surface area contributed by atoms with Crippen molar-refractivity contribution >= 4 is 17.4 Å². The maximum absolute atomic E-state index is 12.7. The van der Waals surface area contributed by atoms with Gasteiger partial charge in [0.15, 0.2) is 0 Å². The van der Waals surface area contributed by atoms with Crippen LogP contribution in [0.4, 0.5) is 11.5 Å². The first-order chi connectivity index (χ1) is 13.7. The fourth-order valence-electron chi connectivity index (χ4n) is 3.10. The first kappa shape index (κ1) is 19.6. The Labute approximate surface area is 167 Å². The second kappa shape index (κ2) is 9.70. The summed E-state index contributed by atoms with van der Waals surface area (Å²) in [7, 11) is 0. The van der Waals surface area contributed by atoms with E-state index in [1.54, 1.807) is 6.20 Å². The maximum Gasteiger partial charge on any atom is 0.225 e. The summed E-state index contributed by atoms with van der Waals surface area (Å²) < 4.78 is 0. The molecule has 0 fully saturated rings. The fourth-order valence-corrected chi connectivity index (χ4v) is 3.10. The Morgan fingerprint density at radius 3 is 2.04 bits per heavy atom. The van der Waals surface area contributed by atoms with Crippen molar-refractivity contribution in [1.82, 2.24) is 4.98 Å². The zero-order chi connectivity index (χ0) is 19.8. The molecule has 0 saturated heterocycles. The molecule has 1 heterocycles. The van der Waals surface area contributed by atoms with Crippen LogP contribution in [-0.2, 0) is 4.79 Å². The van der Waals surface area contributed by atoms with E-state index in [-0.39, 0.29) is 11.8 Å². The normalized spacial score (nSPS) is 11.8. The van der Waals surface area contributed by atoms with Crippen LogP contribution >= 0.6 is 0 Å². The van der Waals surface area contributed by atoms with E-state index in [0.717, 1.165) is 23.4 Å². The Hall–Kier alpha value is -3.14. The molecule has 1 atom stereocenters. The van der Waals surface area contributed by atoms with Gasteiger partial charge in [0.1, 0.15) is 5.82 Å². The van der Waals surface area contributed by atoms with Crippen LogP contribution in [0.3, 0.4) is 0 Å². The van der Waals surface area contributed by atoms with Crippen LogP contribution in [0.1, 0.15) is 43.7 Å². The molecule has 28 heavy (non-hydrogen) atoms. The second-order valence-corrected chi connectivity index (χ2v) is 7.01. The number of hydrogen-bond donors (Lipinski definition) is 2. The Morgan fingerprint density at radius 1 is 0.929 bits per heavy atom. The molecular weight excluding hydrogens is 346 g/mol. The number of rotatable bonds is 8. The minimum atomic E-state index is -0.0258. The number of nitrogens with one attached hydrogen (secondary N) is 2. The van der Waals surface area contributed by atoms with Gasteiger partial charge < -0.3 is 10.6 Å². The topological polar surface area (TPSA) is 54.0 Å². The monoisotopic (exact) mass is 373 g/mol. The summed E-state index contributed by atoms with van der Waals surface area (Å²) >= 11 is 0. The number of benzene rings is 2.